The number of nitrogens with one attached hydrogen (secondary N) is 1. The van der Waals surface area contributed by atoms with Gasteiger partial charge < -0.3 is 15.0 Å². The van der Waals surface area contributed by atoms with Crippen LogP contribution in [0.15, 0.2) is 34.9 Å². The maximum atomic E-state index is 13.9. The first kappa shape index (κ1) is 21.6. The molecule has 0 aliphatic carbocycles. The van der Waals surface area contributed by atoms with Crippen LogP contribution in [0.5, 0.6) is 0 Å². The normalized spacial score (nSPS) is 15.3. The molecule has 4 rings (SSSR count). The molecule has 1 aliphatic heterocycles. The molecule has 3 aromatic rings. The summed E-state index contributed by atoms with van der Waals surface area (Å²) < 4.78 is 21.7. The van der Waals surface area contributed by atoms with E-state index in [1.807, 2.05) is 0 Å². The van der Waals surface area contributed by atoms with Gasteiger partial charge in [-0.25, -0.2) is 9.37 Å². The molecule has 1 saturated heterocycles. The predicted octanol–water partition coefficient (Wildman–Crippen LogP) is 3.01. The molecule has 0 spiro atoms. The van der Waals surface area contributed by atoms with Crippen LogP contribution in [-0.4, -0.2) is 70.8 Å². The van der Waals surface area contributed by atoms with Crippen molar-refractivity contribution in [3.63, 3.8) is 0 Å². The van der Waals surface area contributed by atoms with Crippen molar-refractivity contribution in [1.29, 1.82) is 5.26 Å². The number of piperazine rings is 1. The number of likely N-dealkylation sites (N-methyl/N-ethyl adjacent to an activating group) is 1. The van der Waals surface area contributed by atoms with Gasteiger partial charge in [0.15, 0.2) is 5.65 Å². The van der Waals surface area contributed by atoms with Crippen LogP contribution in [0.4, 0.5) is 15.9 Å². The highest BCUT2D eigenvalue weighted by Crippen LogP contribution is 2.24. The summed E-state index contributed by atoms with van der Waals surface area (Å²) in [6.07, 6.45) is 1.47. The Morgan fingerprint density at radius 2 is 2.06 bits per heavy atom. The number of halogens is 2. The van der Waals surface area contributed by atoms with E-state index in [0.717, 1.165) is 32.7 Å². The molecular weight excluding hydrogens is 465 g/mol. The van der Waals surface area contributed by atoms with Gasteiger partial charge in [0.25, 0.3) is 0 Å². The van der Waals surface area contributed by atoms with Crippen molar-refractivity contribution in [2.45, 2.75) is 6.61 Å². The van der Waals surface area contributed by atoms with Crippen molar-refractivity contribution < 1.29 is 9.13 Å². The van der Waals surface area contributed by atoms with Crippen LogP contribution in [0, 0.1) is 17.1 Å². The molecule has 0 amide bonds. The number of hydrogen-bond donors (Lipinski definition) is 1. The Labute approximate surface area is 188 Å². The molecule has 162 valence electrons. The fourth-order valence-corrected chi connectivity index (χ4v) is 3.67. The van der Waals surface area contributed by atoms with E-state index in [1.165, 1.54) is 16.8 Å². The molecule has 2 aromatic heterocycles. The summed E-state index contributed by atoms with van der Waals surface area (Å²) in [7, 11) is 2.13. The van der Waals surface area contributed by atoms with Gasteiger partial charge in [0.2, 0.25) is 0 Å². The molecule has 1 aliphatic rings. The molecule has 3 heterocycles. The average Bonchev–Trinajstić information content (AvgIpc) is 3.18. The molecule has 31 heavy (non-hydrogen) atoms. The summed E-state index contributed by atoms with van der Waals surface area (Å²) in [5, 5.41) is 16.8. The molecule has 0 saturated carbocycles. The van der Waals surface area contributed by atoms with Crippen molar-refractivity contribution in [1.82, 2.24) is 24.4 Å². The van der Waals surface area contributed by atoms with Crippen molar-refractivity contribution in [3.05, 3.63) is 52.0 Å². The Bertz CT molecular complexity index is 1110. The van der Waals surface area contributed by atoms with E-state index in [2.05, 4.69) is 54.2 Å². The van der Waals surface area contributed by atoms with Crippen LogP contribution in [0.2, 0.25) is 0 Å². The number of aromatic nitrogens is 3. The fraction of sp³-hybridized carbons (Fsp3) is 0.381. The predicted molar refractivity (Wildman–Crippen MR) is 119 cm³/mol. The SMILES string of the molecule is CN1CCN(CCOCc2cc(Nc3ccc(Br)c(F)c3)n3ncc(C#N)c3n2)CC1. The standard InChI is InChI=1S/C21H23BrFN7O/c1-28-4-6-29(7-5-28)8-9-31-14-17-11-20(26-16-2-3-18(22)19(23)10-16)30-21(27-17)15(12-24)13-25-30/h2-3,10-11,13,26H,4-9,14H2,1H3. The summed E-state index contributed by atoms with van der Waals surface area (Å²) in [5.74, 6) is 0.201. The maximum absolute atomic E-state index is 13.9. The first-order valence-electron chi connectivity index (χ1n) is 10.0. The van der Waals surface area contributed by atoms with Gasteiger partial charge in [-0.3, -0.25) is 4.90 Å². The van der Waals surface area contributed by atoms with Gasteiger partial charge in [0.1, 0.15) is 23.3 Å². The lowest BCUT2D eigenvalue weighted by Crippen LogP contribution is -2.45. The summed E-state index contributed by atoms with van der Waals surface area (Å²) in [4.78, 5) is 9.25. The molecule has 1 aromatic carbocycles. The monoisotopic (exact) mass is 487 g/mol. The zero-order valence-corrected chi connectivity index (χ0v) is 18.8. The lowest BCUT2D eigenvalue weighted by atomic mass is 10.3. The molecule has 1 N–H and O–H groups in total. The van der Waals surface area contributed by atoms with Crippen molar-refractivity contribution in [2.75, 3.05) is 51.7 Å². The highest BCUT2D eigenvalue weighted by molar-refractivity contribution is 9.10. The third kappa shape index (κ3) is 5.19. The van der Waals surface area contributed by atoms with E-state index in [-0.39, 0.29) is 5.82 Å². The Kier molecular flexibility index (Phi) is 6.77. The van der Waals surface area contributed by atoms with E-state index in [4.69, 9.17) is 4.74 Å². The molecule has 10 heteroatoms. The van der Waals surface area contributed by atoms with E-state index < -0.39 is 0 Å². The number of fused-ring (bicyclic) bond motifs is 1. The number of anilines is 2. The van der Waals surface area contributed by atoms with Crippen LogP contribution in [0.1, 0.15) is 11.3 Å². The first-order chi connectivity index (χ1) is 15.0. The number of ether oxygens (including phenoxy) is 1. The number of rotatable bonds is 7. The molecular formula is C21H23BrFN7O. The second kappa shape index (κ2) is 9.70. The van der Waals surface area contributed by atoms with Crippen LogP contribution in [0.3, 0.4) is 0 Å². The molecule has 0 bridgehead atoms. The highest BCUT2D eigenvalue weighted by atomic mass is 79.9. The van der Waals surface area contributed by atoms with Crippen molar-refractivity contribution in [3.8, 4) is 6.07 Å². The molecule has 0 atom stereocenters. The largest absolute Gasteiger partial charge is 0.374 e. The minimum Gasteiger partial charge on any atom is -0.374 e. The topological polar surface area (TPSA) is 81.7 Å². The first-order valence-corrected chi connectivity index (χ1v) is 10.8. The van der Waals surface area contributed by atoms with Crippen molar-refractivity contribution in [2.24, 2.45) is 0 Å². The molecule has 8 nitrogen and oxygen atoms in total. The summed E-state index contributed by atoms with van der Waals surface area (Å²) in [5.41, 5.74) is 2.03. The molecule has 1 fully saturated rings. The quantitative estimate of drug-likeness (QED) is 0.512. The van der Waals surface area contributed by atoms with E-state index in [0.29, 0.717) is 46.1 Å². The molecule has 0 unspecified atom stereocenters. The van der Waals surface area contributed by atoms with Gasteiger partial charge in [-0.2, -0.15) is 14.9 Å². The Morgan fingerprint density at radius 1 is 1.26 bits per heavy atom. The van der Waals surface area contributed by atoms with E-state index in [9.17, 15) is 9.65 Å². The third-order valence-electron chi connectivity index (χ3n) is 5.24. The van der Waals surface area contributed by atoms with Gasteiger partial charge >= 0.3 is 0 Å². The second-order valence-electron chi connectivity index (χ2n) is 7.49. The Hall–Kier alpha value is -2.58. The number of nitriles is 1. The Balaban J connectivity index is 1.48. The van der Waals surface area contributed by atoms with Gasteiger partial charge in [-0.1, -0.05) is 0 Å². The zero-order chi connectivity index (χ0) is 21.8. The fourth-order valence-electron chi connectivity index (χ4n) is 3.42. The highest BCUT2D eigenvalue weighted by Gasteiger charge is 2.15. The van der Waals surface area contributed by atoms with Gasteiger partial charge in [0, 0.05) is 44.5 Å². The maximum Gasteiger partial charge on any atom is 0.175 e. The summed E-state index contributed by atoms with van der Waals surface area (Å²) in [6, 6.07) is 8.67. The summed E-state index contributed by atoms with van der Waals surface area (Å²) >= 11 is 3.16. The average molecular weight is 488 g/mol. The lowest BCUT2D eigenvalue weighted by molar-refractivity contribution is 0.0725. The minimum atomic E-state index is -0.374. The van der Waals surface area contributed by atoms with Gasteiger partial charge in [-0.05, 0) is 41.2 Å². The molecule has 0 radical (unpaired) electrons. The number of benzene rings is 1. The van der Waals surface area contributed by atoms with Crippen LogP contribution in [-0.2, 0) is 11.3 Å². The van der Waals surface area contributed by atoms with Gasteiger partial charge in [0.05, 0.1) is 29.6 Å². The number of nitrogens with zero attached hydrogens (tertiary/aromatic N) is 6. The van der Waals surface area contributed by atoms with Crippen LogP contribution >= 0.6 is 15.9 Å². The minimum absolute atomic E-state index is 0.309. The summed E-state index contributed by atoms with van der Waals surface area (Å²) in [6.45, 7) is 6.01. The van der Waals surface area contributed by atoms with Crippen molar-refractivity contribution >= 4 is 33.1 Å². The van der Waals surface area contributed by atoms with Gasteiger partial charge in [-0.15, -0.1) is 0 Å². The second-order valence-corrected chi connectivity index (χ2v) is 8.34. The van der Waals surface area contributed by atoms with Crippen LogP contribution < -0.4 is 5.32 Å². The zero-order valence-electron chi connectivity index (χ0n) is 17.2. The Morgan fingerprint density at radius 3 is 2.81 bits per heavy atom. The van der Waals surface area contributed by atoms with E-state index >= 15 is 0 Å². The third-order valence-corrected chi connectivity index (χ3v) is 5.88. The lowest BCUT2D eigenvalue weighted by Gasteiger charge is -2.32. The number of hydrogen-bond acceptors (Lipinski definition) is 7. The van der Waals surface area contributed by atoms with E-state index in [1.54, 1.807) is 18.2 Å². The smallest absolute Gasteiger partial charge is 0.175 e. The van der Waals surface area contributed by atoms with Crippen LogP contribution in [0.25, 0.3) is 5.65 Å².